The molecule has 2 aromatic carbocycles. The first-order valence-corrected chi connectivity index (χ1v) is 9.77. The van der Waals surface area contributed by atoms with E-state index in [4.69, 9.17) is 9.47 Å². The first-order valence-electron chi connectivity index (χ1n) is 9.77. The molecule has 150 valence electrons. The molecule has 1 fully saturated rings. The fourth-order valence-corrected chi connectivity index (χ4v) is 2.88. The van der Waals surface area contributed by atoms with E-state index in [0.29, 0.717) is 29.9 Å². The van der Waals surface area contributed by atoms with E-state index in [2.05, 4.69) is 27.8 Å². The monoisotopic (exact) mass is 393 g/mol. The predicted octanol–water partition coefficient (Wildman–Crippen LogP) is 3.48. The fraction of sp³-hybridized carbons (Fsp3) is 0.333. The molecule has 0 radical (unpaired) electrons. The summed E-state index contributed by atoms with van der Waals surface area (Å²) in [6.45, 7) is 2.65. The Labute approximate surface area is 168 Å². The molecule has 3 aromatic rings. The highest BCUT2D eigenvalue weighted by molar-refractivity contribution is 5.92. The third-order valence-corrected chi connectivity index (χ3v) is 4.46. The molecule has 0 unspecified atom stereocenters. The number of carbonyl (C=O) groups is 1. The van der Waals surface area contributed by atoms with E-state index in [9.17, 15) is 4.79 Å². The van der Waals surface area contributed by atoms with Gasteiger partial charge in [-0.05, 0) is 66.1 Å². The Kier molecular flexibility index (Phi) is 5.69. The molecule has 29 heavy (non-hydrogen) atoms. The molecule has 1 heterocycles. The lowest BCUT2D eigenvalue weighted by atomic mass is 10.2. The number of tetrazole rings is 1. The molecular formula is C21H23N5O3. The van der Waals surface area contributed by atoms with Crippen LogP contribution in [-0.4, -0.2) is 39.3 Å². The lowest BCUT2D eigenvalue weighted by Gasteiger charge is -2.10. The summed E-state index contributed by atoms with van der Waals surface area (Å²) in [5.74, 6) is 1.87. The van der Waals surface area contributed by atoms with Crippen LogP contribution in [0.25, 0.3) is 11.4 Å². The van der Waals surface area contributed by atoms with Gasteiger partial charge in [0.05, 0.1) is 12.6 Å². The van der Waals surface area contributed by atoms with Crippen molar-refractivity contribution in [1.29, 1.82) is 0 Å². The van der Waals surface area contributed by atoms with Crippen molar-refractivity contribution in [2.75, 3.05) is 18.5 Å². The third kappa shape index (κ3) is 4.90. The van der Waals surface area contributed by atoms with Gasteiger partial charge in [-0.1, -0.05) is 19.1 Å². The molecule has 1 aromatic heterocycles. The van der Waals surface area contributed by atoms with Crippen molar-refractivity contribution in [3.05, 3.63) is 48.5 Å². The van der Waals surface area contributed by atoms with Crippen LogP contribution >= 0.6 is 0 Å². The third-order valence-electron chi connectivity index (χ3n) is 4.46. The SMILES string of the molecule is CCCOc1ccc(OCC(=O)Nc2cccc(-c3nnnn3C3CC3)c2)cc1. The van der Waals surface area contributed by atoms with Gasteiger partial charge >= 0.3 is 0 Å². The summed E-state index contributed by atoms with van der Waals surface area (Å²) >= 11 is 0. The van der Waals surface area contributed by atoms with Crippen molar-refractivity contribution >= 4 is 11.6 Å². The molecule has 0 bridgehead atoms. The van der Waals surface area contributed by atoms with Crippen LogP contribution in [0.15, 0.2) is 48.5 Å². The van der Waals surface area contributed by atoms with Crippen molar-refractivity contribution in [2.24, 2.45) is 0 Å². The Bertz CT molecular complexity index is 966. The van der Waals surface area contributed by atoms with Crippen molar-refractivity contribution in [3.63, 3.8) is 0 Å². The molecule has 0 aliphatic heterocycles. The van der Waals surface area contributed by atoms with Crippen LogP contribution in [0.1, 0.15) is 32.2 Å². The maximum Gasteiger partial charge on any atom is 0.262 e. The van der Waals surface area contributed by atoms with Gasteiger partial charge in [-0.2, -0.15) is 0 Å². The first-order chi connectivity index (χ1) is 14.2. The van der Waals surface area contributed by atoms with E-state index in [0.717, 1.165) is 30.6 Å². The van der Waals surface area contributed by atoms with Gasteiger partial charge in [-0.15, -0.1) is 5.10 Å². The van der Waals surface area contributed by atoms with E-state index < -0.39 is 0 Å². The topological polar surface area (TPSA) is 91.2 Å². The zero-order chi connectivity index (χ0) is 20.1. The minimum Gasteiger partial charge on any atom is -0.494 e. The van der Waals surface area contributed by atoms with Gasteiger partial charge in [0.1, 0.15) is 11.5 Å². The Morgan fingerprint density at radius 1 is 1.14 bits per heavy atom. The molecule has 1 aliphatic rings. The van der Waals surface area contributed by atoms with E-state index in [1.165, 1.54) is 0 Å². The number of hydrogen-bond acceptors (Lipinski definition) is 6. The van der Waals surface area contributed by atoms with Crippen LogP contribution in [0.3, 0.4) is 0 Å². The number of nitrogens with one attached hydrogen (secondary N) is 1. The standard InChI is InChI=1S/C21H23N5O3/c1-2-12-28-18-8-10-19(11-9-18)29-14-20(27)22-16-5-3-4-15(13-16)21-23-24-25-26(21)17-6-7-17/h3-5,8-11,13,17H,2,6-7,12,14H2,1H3,(H,22,27). The first kappa shape index (κ1) is 18.9. The Morgan fingerprint density at radius 2 is 1.90 bits per heavy atom. The van der Waals surface area contributed by atoms with E-state index in [1.807, 2.05) is 41.1 Å². The normalized spacial score (nSPS) is 13.1. The molecular weight excluding hydrogens is 370 g/mol. The average molecular weight is 393 g/mol. The Balaban J connectivity index is 1.33. The lowest BCUT2D eigenvalue weighted by Crippen LogP contribution is -2.20. The van der Waals surface area contributed by atoms with Gasteiger partial charge < -0.3 is 14.8 Å². The van der Waals surface area contributed by atoms with E-state index in [-0.39, 0.29) is 12.5 Å². The van der Waals surface area contributed by atoms with Crippen LogP contribution in [0.4, 0.5) is 5.69 Å². The highest BCUT2D eigenvalue weighted by Gasteiger charge is 2.28. The largest absolute Gasteiger partial charge is 0.494 e. The van der Waals surface area contributed by atoms with Gasteiger partial charge in [0.2, 0.25) is 0 Å². The van der Waals surface area contributed by atoms with E-state index in [1.54, 1.807) is 12.1 Å². The molecule has 0 atom stereocenters. The van der Waals surface area contributed by atoms with Crippen LogP contribution in [-0.2, 0) is 4.79 Å². The number of anilines is 1. The molecule has 1 amide bonds. The van der Waals surface area contributed by atoms with Crippen molar-refractivity contribution in [1.82, 2.24) is 20.2 Å². The highest BCUT2D eigenvalue weighted by atomic mass is 16.5. The average Bonchev–Trinajstić information content (AvgIpc) is 3.48. The summed E-state index contributed by atoms with van der Waals surface area (Å²) in [5.41, 5.74) is 1.54. The Hall–Kier alpha value is -3.42. The van der Waals surface area contributed by atoms with Gasteiger partial charge in [0.15, 0.2) is 12.4 Å². The number of hydrogen-bond donors (Lipinski definition) is 1. The minimum atomic E-state index is -0.241. The maximum absolute atomic E-state index is 12.3. The zero-order valence-corrected chi connectivity index (χ0v) is 16.2. The number of aromatic nitrogens is 4. The summed E-state index contributed by atoms with van der Waals surface area (Å²) in [6.07, 6.45) is 3.14. The summed E-state index contributed by atoms with van der Waals surface area (Å²) in [5, 5.41) is 14.8. The molecule has 0 spiro atoms. The smallest absolute Gasteiger partial charge is 0.262 e. The molecule has 1 saturated carbocycles. The lowest BCUT2D eigenvalue weighted by molar-refractivity contribution is -0.118. The van der Waals surface area contributed by atoms with Crippen LogP contribution in [0.5, 0.6) is 11.5 Å². The minimum absolute atomic E-state index is 0.0841. The fourth-order valence-electron chi connectivity index (χ4n) is 2.88. The van der Waals surface area contributed by atoms with Crippen LogP contribution < -0.4 is 14.8 Å². The van der Waals surface area contributed by atoms with E-state index >= 15 is 0 Å². The summed E-state index contributed by atoms with van der Waals surface area (Å²) in [6, 6.07) is 15.1. The molecule has 4 rings (SSSR count). The molecule has 8 heteroatoms. The number of ether oxygens (including phenoxy) is 2. The second kappa shape index (κ2) is 8.72. The number of nitrogens with zero attached hydrogens (tertiary/aromatic N) is 4. The Morgan fingerprint density at radius 3 is 2.62 bits per heavy atom. The van der Waals surface area contributed by atoms with Gasteiger partial charge in [0.25, 0.3) is 5.91 Å². The highest BCUT2D eigenvalue weighted by Crippen LogP contribution is 2.36. The summed E-state index contributed by atoms with van der Waals surface area (Å²) in [4.78, 5) is 12.3. The number of rotatable bonds is 9. The van der Waals surface area contributed by atoms with Gasteiger partial charge in [0, 0.05) is 11.3 Å². The van der Waals surface area contributed by atoms with Gasteiger partial charge in [-0.3, -0.25) is 4.79 Å². The van der Waals surface area contributed by atoms with Crippen molar-refractivity contribution in [3.8, 4) is 22.9 Å². The van der Waals surface area contributed by atoms with Crippen molar-refractivity contribution in [2.45, 2.75) is 32.2 Å². The zero-order valence-electron chi connectivity index (χ0n) is 16.2. The molecule has 1 N–H and O–H groups in total. The summed E-state index contributed by atoms with van der Waals surface area (Å²) < 4.78 is 12.9. The second-order valence-electron chi connectivity index (χ2n) is 6.92. The quantitative estimate of drug-likeness (QED) is 0.598. The van der Waals surface area contributed by atoms with Crippen LogP contribution in [0.2, 0.25) is 0 Å². The number of amides is 1. The van der Waals surface area contributed by atoms with Gasteiger partial charge in [-0.25, -0.2) is 4.68 Å². The molecule has 8 nitrogen and oxygen atoms in total. The van der Waals surface area contributed by atoms with Crippen molar-refractivity contribution < 1.29 is 14.3 Å². The molecule has 0 saturated heterocycles. The maximum atomic E-state index is 12.3. The van der Waals surface area contributed by atoms with Crippen LogP contribution in [0, 0.1) is 0 Å². The number of carbonyl (C=O) groups excluding carboxylic acids is 1. The summed E-state index contributed by atoms with van der Waals surface area (Å²) in [7, 11) is 0. The number of benzene rings is 2. The second-order valence-corrected chi connectivity index (χ2v) is 6.92. The molecule has 1 aliphatic carbocycles. The predicted molar refractivity (Wildman–Crippen MR) is 108 cm³/mol.